The summed E-state index contributed by atoms with van der Waals surface area (Å²) in [5.74, 6) is 0.411. The summed E-state index contributed by atoms with van der Waals surface area (Å²) in [5.41, 5.74) is 2.65. The van der Waals surface area contributed by atoms with Crippen LogP contribution in [0.3, 0.4) is 0 Å². The van der Waals surface area contributed by atoms with Crippen molar-refractivity contribution in [1.82, 2.24) is 9.80 Å². The van der Waals surface area contributed by atoms with Gasteiger partial charge in [-0.2, -0.15) is 0 Å². The van der Waals surface area contributed by atoms with Crippen molar-refractivity contribution >= 4 is 34.2 Å². The molecule has 0 unspecified atom stereocenters. The molecule has 0 bridgehead atoms. The third-order valence-electron chi connectivity index (χ3n) is 7.11. The van der Waals surface area contributed by atoms with Gasteiger partial charge in [-0.3, -0.25) is 14.5 Å². The van der Waals surface area contributed by atoms with Crippen LogP contribution < -0.4 is 0 Å². The lowest BCUT2D eigenvalue weighted by Gasteiger charge is -2.32. The maximum atomic E-state index is 13.0. The van der Waals surface area contributed by atoms with E-state index in [1.165, 1.54) is 23.3 Å². The molecule has 1 fully saturated rings. The fourth-order valence-electron chi connectivity index (χ4n) is 5.26. The molecule has 5 heteroatoms. The third kappa shape index (κ3) is 4.68. The minimum absolute atomic E-state index is 0.160. The Bertz CT molecular complexity index is 1120. The molecule has 3 aromatic rings. The van der Waals surface area contributed by atoms with Crippen molar-refractivity contribution in [3.05, 3.63) is 82.4 Å². The zero-order valence-corrected chi connectivity index (χ0v) is 19.6. The van der Waals surface area contributed by atoms with Crippen LogP contribution >= 0.6 is 11.6 Å². The lowest BCUT2D eigenvalue weighted by Crippen LogP contribution is -2.41. The first kappa shape index (κ1) is 22.1. The maximum absolute atomic E-state index is 13.0. The number of halogens is 1. The number of hydrogen-bond donors (Lipinski definition) is 0. The summed E-state index contributed by atoms with van der Waals surface area (Å²) in [5, 5.41) is 2.54. The van der Waals surface area contributed by atoms with E-state index in [0.29, 0.717) is 17.7 Å². The van der Waals surface area contributed by atoms with Crippen LogP contribution in [0.5, 0.6) is 0 Å². The fraction of sp³-hybridized carbons (Fsp3) is 0.357. The fourth-order valence-corrected chi connectivity index (χ4v) is 5.38. The van der Waals surface area contributed by atoms with Gasteiger partial charge >= 0.3 is 0 Å². The van der Waals surface area contributed by atoms with E-state index in [2.05, 4.69) is 17.0 Å². The lowest BCUT2D eigenvalue weighted by atomic mass is 9.90. The highest BCUT2D eigenvalue weighted by atomic mass is 35.5. The predicted molar refractivity (Wildman–Crippen MR) is 133 cm³/mol. The van der Waals surface area contributed by atoms with E-state index in [9.17, 15) is 9.59 Å². The summed E-state index contributed by atoms with van der Waals surface area (Å²) in [7, 11) is 0. The molecule has 2 aliphatic heterocycles. The van der Waals surface area contributed by atoms with Crippen molar-refractivity contribution in [2.75, 3.05) is 26.2 Å². The molecular formula is C28H29ClN2O2. The van der Waals surface area contributed by atoms with Crippen molar-refractivity contribution in [3.8, 4) is 0 Å². The van der Waals surface area contributed by atoms with Gasteiger partial charge in [0.1, 0.15) is 0 Å². The number of amides is 2. The van der Waals surface area contributed by atoms with Gasteiger partial charge in [-0.15, -0.1) is 0 Å². The molecule has 4 nitrogen and oxygen atoms in total. The van der Waals surface area contributed by atoms with Crippen LogP contribution in [0.4, 0.5) is 0 Å². The number of nitrogens with zero attached hydrogens (tertiary/aromatic N) is 2. The molecule has 1 saturated heterocycles. The van der Waals surface area contributed by atoms with Crippen LogP contribution in [0.15, 0.2) is 60.7 Å². The van der Waals surface area contributed by atoms with Crippen molar-refractivity contribution < 1.29 is 9.59 Å². The van der Waals surface area contributed by atoms with Gasteiger partial charge in [-0.05, 0) is 92.9 Å². The predicted octanol–water partition coefficient (Wildman–Crippen LogP) is 5.82. The second kappa shape index (κ2) is 9.66. The minimum Gasteiger partial charge on any atom is -0.303 e. The Labute approximate surface area is 200 Å². The Hall–Kier alpha value is -2.69. The highest BCUT2D eigenvalue weighted by Crippen LogP contribution is 2.30. The number of likely N-dealkylation sites (tertiary alicyclic amines) is 1. The van der Waals surface area contributed by atoms with Gasteiger partial charge in [-0.25, -0.2) is 0 Å². The molecule has 0 spiro atoms. The average molecular weight is 461 g/mol. The molecule has 2 heterocycles. The molecule has 0 saturated carbocycles. The molecule has 2 aliphatic rings. The second-order valence-corrected chi connectivity index (χ2v) is 9.73. The zero-order chi connectivity index (χ0) is 22.8. The summed E-state index contributed by atoms with van der Waals surface area (Å²) >= 11 is 5.99. The van der Waals surface area contributed by atoms with E-state index < -0.39 is 0 Å². The van der Waals surface area contributed by atoms with Gasteiger partial charge in [0.05, 0.1) is 0 Å². The van der Waals surface area contributed by atoms with Crippen molar-refractivity contribution in [2.45, 2.75) is 32.1 Å². The number of hydrogen-bond acceptors (Lipinski definition) is 3. The molecular weight excluding hydrogens is 432 g/mol. The largest absolute Gasteiger partial charge is 0.303 e. The van der Waals surface area contributed by atoms with Crippen molar-refractivity contribution in [1.29, 1.82) is 0 Å². The van der Waals surface area contributed by atoms with Crippen LogP contribution in [0, 0.1) is 5.92 Å². The topological polar surface area (TPSA) is 40.6 Å². The van der Waals surface area contributed by atoms with E-state index in [1.807, 2.05) is 48.5 Å². The smallest absolute Gasteiger partial charge is 0.261 e. The monoisotopic (exact) mass is 460 g/mol. The Kier molecular flexibility index (Phi) is 6.48. The second-order valence-electron chi connectivity index (χ2n) is 9.29. The average Bonchev–Trinajstić information content (AvgIpc) is 2.84. The Morgan fingerprint density at radius 2 is 1.39 bits per heavy atom. The standard InChI is InChI=1S/C28H29ClN2O2/c29-23-11-9-20(10-12-23)19-21-13-17-30(18-14-21)15-1-2-16-31-27(32)24-7-3-5-22-6-4-8-25(26(22)24)28(31)33/h3-12,21H,1-2,13-19H2. The Morgan fingerprint density at radius 1 is 0.788 bits per heavy atom. The molecule has 3 aromatic carbocycles. The SMILES string of the molecule is O=C1c2cccc3cccc(c23)C(=O)N1CCCCN1CCC(Cc2ccc(Cl)cc2)CC1. The van der Waals surface area contributed by atoms with Gasteiger partial charge in [0, 0.05) is 28.1 Å². The minimum atomic E-state index is -0.160. The number of imide groups is 1. The van der Waals surface area contributed by atoms with Crippen LogP contribution in [-0.2, 0) is 6.42 Å². The number of benzene rings is 3. The molecule has 33 heavy (non-hydrogen) atoms. The summed E-state index contributed by atoms with van der Waals surface area (Å²) < 4.78 is 0. The first-order valence-corrected chi connectivity index (χ1v) is 12.3. The maximum Gasteiger partial charge on any atom is 0.261 e. The van der Waals surface area contributed by atoms with Crippen LogP contribution in [-0.4, -0.2) is 47.8 Å². The number of unbranched alkanes of at least 4 members (excludes halogenated alkanes) is 1. The molecule has 0 aliphatic carbocycles. The number of carbonyl (C=O) groups excluding carboxylic acids is 2. The van der Waals surface area contributed by atoms with E-state index in [4.69, 9.17) is 11.6 Å². The zero-order valence-electron chi connectivity index (χ0n) is 18.8. The molecule has 2 amide bonds. The van der Waals surface area contributed by atoms with Crippen molar-refractivity contribution in [2.24, 2.45) is 5.92 Å². The quantitative estimate of drug-likeness (QED) is 0.329. The lowest BCUT2D eigenvalue weighted by molar-refractivity contribution is 0.0605. The van der Waals surface area contributed by atoms with Gasteiger partial charge in [0.15, 0.2) is 0 Å². The number of rotatable bonds is 7. The normalized spacial score (nSPS) is 17.2. The summed E-state index contributed by atoms with van der Waals surface area (Å²) in [6.45, 7) is 3.75. The molecule has 0 atom stereocenters. The summed E-state index contributed by atoms with van der Waals surface area (Å²) in [6, 6.07) is 19.6. The van der Waals surface area contributed by atoms with Gasteiger partial charge in [0.25, 0.3) is 11.8 Å². The Balaban J connectivity index is 1.09. The van der Waals surface area contributed by atoms with Crippen LogP contribution in [0.1, 0.15) is 52.0 Å². The van der Waals surface area contributed by atoms with Gasteiger partial charge < -0.3 is 4.90 Å². The third-order valence-corrected chi connectivity index (χ3v) is 7.36. The van der Waals surface area contributed by atoms with Gasteiger partial charge in [-0.1, -0.05) is 48.0 Å². The number of carbonyl (C=O) groups is 2. The summed E-state index contributed by atoms with van der Waals surface area (Å²) in [6.07, 6.45) is 5.38. The first-order chi connectivity index (χ1) is 16.1. The molecule has 5 rings (SSSR count). The van der Waals surface area contributed by atoms with Crippen molar-refractivity contribution in [3.63, 3.8) is 0 Å². The molecule has 0 aromatic heterocycles. The highest BCUT2D eigenvalue weighted by molar-refractivity contribution is 6.30. The van der Waals surface area contributed by atoms with E-state index in [-0.39, 0.29) is 11.8 Å². The van der Waals surface area contributed by atoms with E-state index >= 15 is 0 Å². The van der Waals surface area contributed by atoms with Gasteiger partial charge in [0.2, 0.25) is 0 Å². The molecule has 170 valence electrons. The van der Waals surface area contributed by atoms with E-state index in [1.54, 1.807) is 0 Å². The Morgan fingerprint density at radius 3 is 2.03 bits per heavy atom. The summed E-state index contributed by atoms with van der Waals surface area (Å²) in [4.78, 5) is 30.0. The molecule has 0 N–H and O–H groups in total. The van der Waals surface area contributed by atoms with E-state index in [0.717, 1.165) is 60.6 Å². The number of piperidine rings is 1. The van der Waals surface area contributed by atoms with Crippen LogP contribution in [0.2, 0.25) is 5.02 Å². The highest BCUT2D eigenvalue weighted by Gasteiger charge is 2.32. The molecule has 0 radical (unpaired) electrons. The van der Waals surface area contributed by atoms with Crippen LogP contribution in [0.25, 0.3) is 10.8 Å². The first-order valence-electron chi connectivity index (χ1n) is 11.9.